The fourth-order valence-corrected chi connectivity index (χ4v) is 1.58. The summed E-state index contributed by atoms with van der Waals surface area (Å²) >= 11 is 0. The van der Waals surface area contributed by atoms with Crippen molar-refractivity contribution in [1.82, 2.24) is 5.32 Å². The van der Waals surface area contributed by atoms with Gasteiger partial charge in [0, 0.05) is 31.6 Å². The van der Waals surface area contributed by atoms with Gasteiger partial charge in [-0.15, -0.1) is 0 Å². The summed E-state index contributed by atoms with van der Waals surface area (Å²) in [7, 11) is 0. The number of carbonyl (C=O) groups is 2. The lowest BCUT2D eigenvalue weighted by atomic mass is 10.2. The predicted octanol–water partition coefficient (Wildman–Crippen LogP) is 1.95. The highest BCUT2D eigenvalue weighted by atomic mass is 19.1. The number of halogens is 1. The molecule has 1 aromatic rings. The highest BCUT2D eigenvalue weighted by Gasteiger charge is 2.12. The van der Waals surface area contributed by atoms with Crippen molar-refractivity contribution in [1.29, 1.82) is 0 Å². The molecule has 4 nitrogen and oxygen atoms in total. The number of rotatable bonds is 5. The van der Waals surface area contributed by atoms with Gasteiger partial charge < -0.3 is 10.2 Å². The lowest BCUT2D eigenvalue weighted by Gasteiger charge is -2.21. The zero-order valence-corrected chi connectivity index (χ0v) is 11.4. The molecule has 1 N–H and O–H groups in total. The number of nitrogens with zero attached hydrogens (tertiary/aromatic N) is 1. The summed E-state index contributed by atoms with van der Waals surface area (Å²) in [5.41, 5.74) is 0.618. The molecule has 0 spiro atoms. The van der Waals surface area contributed by atoms with Gasteiger partial charge >= 0.3 is 0 Å². The Bertz CT molecular complexity index is 443. The van der Waals surface area contributed by atoms with Crippen LogP contribution >= 0.6 is 0 Å². The second-order valence-electron chi connectivity index (χ2n) is 4.59. The highest BCUT2D eigenvalue weighted by molar-refractivity contribution is 5.91. The predicted molar refractivity (Wildman–Crippen MR) is 72.3 cm³/mol. The van der Waals surface area contributed by atoms with Crippen molar-refractivity contribution in [3.8, 4) is 0 Å². The number of hydrogen-bond acceptors (Lipinski definition) is 2. The first-order valence-electron chi connectivity index (χ1n) is 6.23. The minimum atomic E-state index is -0.347. The third-order valence-electron chi connectivity index (χ3n) is 2.68. The number of hydrogen-bond donors (Lipinski definition) is 1. The topological polar surface area (TPSA) is 49.4 Å². The van der Waals surface area contributed by atoms with Crippen molar-refractivity contribution < 1.29 is 14.0 Å². The van der Waals surface area contributed by atoms with E-state index in [1.807, 2.05) is 0 Å². The van der Waals surface area contributed by atoms with E-state index in [0.717, 1.165) is 0 Å². The Kier molecular flexibility index (Phi) is 5.48. The number of amides is 2. The molecular weight excluding hydrogens is 247 g/mol. The number of nitrogens with one attached hydrogen (secondary N) is 1. The molecule has 104 valence electrons. The van der Waals surface area contributed by atoms with E-state index in [9.17, 15) is 14.0 Å². The van der Waals surface area contributed by atoms with E-state index < -0.39 is 0 Å². The maximum atomic E-state index is 12.8. The Labute approximate surface area is 112 Å². The largest absolute Gasteiger partial charge is 0.354 e. The van der Waals surface area contributed by atoms with Crippen molar-refractivity contribution in [2.45, 2.75) is 20.8 Å². The van der Waals surface area contributed by atoms with Crippen LogP contribution in [-0.4, -0.2) is 24.9 Å². The molecule has 0 saturated heterocycles. The molecule has 0 radical (unpaired) electrons. The lowest BCUT2D eigenvalue weighted by molar-refractivity contribution is -0.124. The normalized spacial score (nSPS) is 10.4. The Morgan fingerprint density at radius 3 is 2.32 bits per heavy atom. The van der Waals surface area contributed by atoms with Crippen LogP contribution in [0.5, 0.6) is 0 Å². The summed E-state index contributed by atoms with van der Waals surface area (Å²) in [6.45, 7) is 5.77. The first-order valence-corrected chi connectivity index (χ1v) is 6.23. The SMILES string of the molecule is CC(=O)N(CCNC(=O)C(C)C)c1ccc(F)cc1. The lowest BCUT2D eigenvalue weighted by Crippen LogP contribution is -2.38. The van der Waals surface area contributed by atoms with Crippen molar-refractivity contribution >= 4 is 17.5 Å². The monoisotopic (exact) mass is 266 g/mol. The fraction of sp³-hybridized carbons (Fsp3) is 0.429. The third-order valence-corrected chi connectivity index (χ3v) is 2.68. The van der Waals surface area contributed by atoms with Crippen LogP contribution in [0.1, 0.15) is 20.8 Å². The second-order valence-corrected chi connectivity index (χ2v) is 4.59. The molecule has 2 amide bonds. The van der Waals surface area contributed by atoms with Gasteiger partial charge in [-0.25, -0.2) is 4.39 Å². The van der Waals surface area contributed by atoms with Gasteiger partial charge in [0.15, 0.2) is 0 Å². The van der Waals surface area contributed by atoms with Crippen LogP contribution in [0.2, 0.25) is 0 Å². The minimum absolute atomic E-state index is 0.0531. The molecule has 0 atom stereocenters. The van der Waals surface area contributed by atoms with E-state index in [1.54, 1.807) is 26.0 Å². The number of anilines is 1. The van der Waals surface area contributed by atoms with Crippen LogP contribution in [0.25, 0.3) is 0 Å². The van der Waals surface area contributed by atoms with Gasteiger partial charge in [-0.3, -0.25) is 9.59 Å². The summed E-state index contributed by atoms with van der Waals surface area (Å²) in [6, 6.07) is 5.69. The van der Waals surface area contributed by atoms with Gasteiger partial charge in [-0.1, -0.05) is 13.8 Å². The quantitative estimate of drug-likeness (QED) is 0.885. The Morgan fingerprint density at radius 1 is 1.26 bits per heavy atom. The average Bonchev–Trinajstić information content (AvgIpc) is 2.35. The molecular formula is C14H19FN2O2. The van der Waals surface area contributed by atoms with Gasteiger partial charge in [-0.05, 0) is 24.3 Å². The molecule has 0 aliphatic heterocycles. The van der Waals surface area contributed by atoms with E-state index in [1.165, 1.54) is 24.0 Å². The van der Waals surface area contributed by atoms with Crippen LogP contribution in [0, 0.1) is 11.7 Å². The van der Waals surface area contributed by atoms with Gasteiger partial charge in [0.05, 0.1) is 0 Å². The van der Waals surface area contributed by atoms with Crippen molar-refractivity contribution in [2.75, 3.05) is 18.0 Å². The molecule has 5 heteroatoms. The van der Waals surface area contributed by atoms with Crippen LogP contribution in [-0.2, 0) is 9.59 Å². The fourth-order valence-electron chi connectivity index (χ4n) is 1.58. The summed E-state index contributed by atoms with van der Waals surface area (Å²) in [5.74, 6) is -0.634. The molecule has 0 aromatic heterocycles. The van der Waals surface area contributed by atoms with Crippen molar-refractivity contribution in [3.63, 3.8) is 0 Å². The molecule has 1 aromatic carbocycles. The molecule has 0 bridgehead atoms. The molecule has 0 aliphatic rings. The van der Waals surface area contributed by atoms with E-state index in [-0.39, 0.29) is 23.5 Å². The van der Waals surface area contributed by atoms with Crippen LogP contribution in [0.15, 0.2) is 24.3 Å². The molecule has 0 unspecified atom stereocenters. The first kappa shape index (κ1) is 15.1. The Morgan fingerprint density at radius 2 is 1.84 bits per heavy atom. The van der Waals surface area contributed by atoms with Gasteiger partial charge in [0.2, 0.25) is 11.8 Å². The van der Waals surface area contributed by atoms with Crippen molar-refractivity contribution in [3.05, 3.63) is 30.1 Å². The van der Waals surface area contributed by atoms with E-state index in [4.69, 9.17) is 0 Å². The summed E-state index contributed by atoms with van der Waals surface area (Å²) in [6.07, 6.45) is 0. The molecule has 0 saturated carbocycles. The zero-order valence-electron chi connectivity index (χ0n) is 11.4. The maximum Gasteiger partial charge on any atom is 0.223 e. The minimum Gasteiger partial charge on any atom is -0.354 e. The van der Waals surface area contributed by atoms with E-state index in [0.29, 0.717) is 18.8 Å². The van der Waals surface area contributed by atoms with E-state index in [2.05, 4.69) is 5.32 Å². The Balaban J connectivity index is 2.62. The number of benzene rings is 1. The molecule has 1 rings (SSSR count). The number of carbonyl (C=O) groups excluding carboxylic acids is 2. The molecule has 0 fully saturated rings. The zero-order chi connectivity index (χ0) is 14.4. The van der Waals surface area contributed by atoms with Crippen LogP contribution in [0.4, 0.5) is 10.1 Å². The smallest absolute Gasteiger partial charge is 0.223 e. The van der Waals surface area contributed by atoms with Crippen LogP contribution < -0.4 is 10.2 Å². The molecule has 0 aliphatic carbocycles. The standard InChI is InChI=1S/C14H19FN2O2/c1-10(2)14(19)16-8-9-17(11(3)18)13-6-4-12(15)5-7-13/h4-7,10H,8-9H2,1-3H3,(H,16,19). The maximum absolute atomic E-state index is 12.8. The van der Waals surface area contributed by atoms with Crippen molar-refractivity contribution in [2.24, 2.45) is 5.92 Å². The van der Waals surface area contributed by atoms with Gasteiger partial charge in [-0.2, -0.15) is 0 Å². The molecule has 0 heterocycles. The average molecular weight is 266 g/mol. The highest BCUT2D eigenvalue weighted by Crippen LogP contribution is 2.14. The third kappa shape index (κ3) is 4.69. The van der Waals surface area contributed by atoms with E-state index >= 15 is 0 Å². The summed E-state index contributed by atoms with van der Waals surface area (Å²) in [5, 5.41) is 2.74. The second kappa shape index (κ2) is 6.87. The van der Waals surface area contributed by atoms with Crippen LogP contribution in [0.3, 0.4) is 0 Å². The first-order chi connectivity index (χ1) is 8.91. The summed E-state index contributed by atoms with van der Waals surface area (Å²) in [4.78, 5) is 24.5. The van der Waals surface area contributed by atoms with Gasteiger partial charge in [0.25, 0.3) is 0 Å². The summed E-state index contributed by atoms with van der Waals surface area (Å²) < 4.78 is 12.8. The van der Waals surface area contributed by atoms with Gasteiger partial charge in [0.1, 0.15) is 5.82 Å². The Hall–Kier alpha value is -1.91. The molecule has 19 heavy (non-hydrogen) atoms.